The number of carbonyl (C=O) groups excluding carboxylic acids is 1. The summed E-state index contributed by atoms with van der Waals surface area (Å²) in [6, 6.07) is 4.56. The van der Waals surface area contributed by atoms with Gasteiger partial charge in [0.1, 0.15) is 0 Å². The lowest BCUT2D eigenvalue weighted by molar-refractivity contribution is -0.201. The lowest BCUT2D eigenvalue weighted by atomic mass is 9.79. The molecule has 2 aromatic rings. The Kier molecular flexibility index (Phi) is 4.74. The van der Waals surface area contributed by atoms with E-state index >= 15 is 0 Å². The van der Waals surface area contributed by atoms with Gasteiger partial charge in [0, 0.05) is 29.7 Å². The minimum Gasteiger partial charge on any atom is -0.394 e. The number of rotatable bonds is 3. The molecule has 1 aliphatic heterocycles. The molecule has 0 saturated heterocycles. The molecule has 0 spiro atoms. The summed E-state index contributed by atoms with van der Waals surface area (Å²) in [6.45, 7) is 3.57. The molecule has 0 saturated carbocycles. The number of hydrogen-bond acceptors (Lipinski definition) is 3. The zero-order valence-electron chi connectivity index (χ0n) is 16.5. The van der Waals surface area contributed by atoms with Crippen molar-refractivity contribution in [2.45, 2.75) is 38.7 Å². The first-order valence-corrected chi connectivity index (χ1v) is 9.67. The van der Waals surface area contributed by atoms with E-state index in [-0.39, 0.29) is 35.8 Å². The highest BCUT2D eigenvalue weighted by Gasteiger charge is 2.41. The van der Waals surface area contributed by atoms with Gasteiger partial charge in [0.15, 0.2) is 0 Å². The zero-order chi connectivity index (χ0) is 21.1. The molecule has 1 aromatic heterocycles. The third kappa shape index (κ3) is 3.14. The number of amides is 1. The minimum atomic E-state index is -4.49. The van der Waals surface area contributed by atoms with Crippen LogP contribution in [-0.2, 0) is 17.5 Å². The first-order chi connectivity index (χ1) is 13.6. The number of benzene rings is 1. The molecule has 0 bridgehead atoms. The Balaban J connectivity index is 1.85. The second kappa shape index (κ2) is 6.88. The van der Waals surface area contributed by atoms with Crippen LogP contribution in [0.4, 0.5) is 13.2 Å². The molecule has 0 fully saturated rings. The molecular formula is C21H24F3N3O2. The van der Waals surface area contributed by atoms with E-state index in [4.69, 9.17) is 0 Å². The van der Waals surface area contributed by atoms with Gasteiger partial charge in [-0.2, -0.15) is 0 Å². The Labute approximate surface area is 166 Å². The first-order valence-electron chi connectivity index (χ1n) is 9.67. The monoisotopic (exact) mass is 407 g/mol. The van der Waals surface area contributed by atoms with Crippen molar-refractivity contribution in [1.82, 2.24) is 14.8 Å². The number of likely N-dealkylation sites (N-methyl/N-ethyl adjacent to an activating group) is 1. The summed E-state index contributed by atoms with van der Waals surface area (Å²) < 4.78 is 41.6. The van der Waals surface area contributed by atoms with Crippen LogP contribution in [0.25, 0.3) is 16.5 Å². The van der Waals surface area contributed by atoms with Gasteiger partial charge in [0.25, 0.3) is 0 Å². The molecule has 1 aromatic carbocycles. The molecule has 0 radical (unpaired) electrons. The van der Waals surface area contributed by atoms with Crippen LogP contribution < -0.4 is 5.32 Å². The van der Waals surface area contributed by atoms with Crippen LogP contribution >= 0.6 is 0 Å². The second-order valence-corrected chi connectivity index (χ2v) is 8.05. The Morgan fingerprint density at radius 3 is 2.76 bits per heavy atom. The average molecular weight is 407 g/mol. The van der Waals surface area contributed by atoms with Crippen LogP contribution in [0.3, 0.4) is 0 Å². The van der Waals surface area contributed by atoms with E-state index in [1.54, 1.807) is 13.0 Å². The second-order valence-electron chi connectivity index (χ2n) is 8.05. The van der Waals surface area contributed by atoms with Crippen LogP contribution in [-0.4, -0.2) is 52.8 Å². The van der Waals surface area contributed by atoms with Crippen molar-refractivity contribution in [1.29, 1.82) is 0 Å². The fraction of sp³-hybridized carbons (Fsp3) is 0.476. The van der Waals surface area contributed by atoms with Crippen molar-refractivity contribution in [3.63, 3.8) is 0 Å². The summed E-state index contributed by atoms with van der Waals surface area (Å²) in [5.74, 6) is -0.616. The predicted molar refractivity (Wildman–Crippen MR) is 104 cm³/mol. The highest BCUT2D eigenvalue weighted by atomic mass is 19.4. The highest BCUT2D eigenvalue weighted by Crippen LogP contribution is 2.45. The number of aliphatic hydroxyl groups is 1. The van der Waals surface area contributed by atoms with Crippen LogP contribution in [0.1, 0.15) is 23.7 Å². The quantitative estimate of drug-likeness (QED) is 0.823. The van der Waals surface area contributed by atoms with E-state index < -0.39 is 12.2 Å². The predicted octanol–water partition coefficient (Wildman–Crippen LogP) is 2.79. The third-order valence-electron chi connectivity index (χ3n) is 6.08. The summed E-state index contributed by atoms with van der Waals surface area (Å²) in [7, 11) is 1.90. The van der Waals surface area contributed by atoms with Crippen LogP contribution in [0, 0.1) is 12.8 Å². The minimum absolute atomic E-state index is 0.0739. The molecular weight excluding hydrogens is 383 g/mol. The number of nitrogens with one attached hydrogen (secondary N) is 1. The van der Waals surface area contributed by atoms with Gasteiger partial charge in [-0.1, -0.05) is 18.2 Å². The fourth-order valence-corrected chi connectivity index (χ4v) is 4.70. The van der Waals surface area contributed by atoms with E-state index in [2.05, 4.69) is 5.32 Å². The molecule has 8 heteroatoms. The molecule has 29 heavy (non-hydrogen) atoms. The molecule has 156 valence electrons. The van der Waals surface area contributed by atoms with Crippen LogP contribution in [0.15, 0.2) is 24.3 Å². The molecule has 5 nitrogen and oxygen atoms in total. The highest BCUT2D eigenvalue weighted by molar-refractivity contribution is 6.00. The normalized spacial score (nSPS) is 22.9. The Morgan fingerprint density at radius 1 is 1.38 bits per heavy atom. The topological polar surface area (TPSA) is 57.5 Å². The summed E-state index contributed by atoms with van der Waals surface area (Å²) in [6.07, 6.45) is -2.12. The fourth-order valence-electron chi connectivity index (χ4n) is 4.70. The molecule has 3 unspecified atom stereocenters. The van der Waals surface area contributed by atoms with Crippen LogP contribution in [0.2, 0.25) is 0 Å². The van der Waals surface area contributed by atoms with Crippen molar-refractivity contribution in [2.24, 2.45) is 5.92 Å². The van der Waals surface area contributed by atoms with Crippen molar-refractivity contribution in [2.75, 3.05) is 20.2 Å². The maximum Gasteiger partial charge on any atom is 0.489 e. The SMILES string of the molecule is Cc1c2c3c(cccc3n1C(F)(F)F)C1=CC(C(=O)NC(C)CO)CN(C)C1C2. The molecule has 1 aliphatic carbocycles. The van der Waals surface area contributed by atoms with Gasteiger partial charge in [-0.25, -0.2) is 0 Å². The van der Waals surface area contributed by atoms with Gasteiger partial charge in [-0.05, 0) is 50.1 Å². The smallest absolute Gasteiger partial charge is 0.394 e. The number of carbonyl (C=O) groups is 1. The zero-order valence-corrected chi connectivity index (χ0v) is 16.5. The van der Waals surface area contributed by atoms with E-state index in [1.807, 2.05) is 24.1 Å². The van der Waals surface area contributed by atoms with Gasteiger partial charge in [-0.15, -0.1) is 13.2 Å². The van der Waals surface area contributed by atoms with Gasteiger partial charge in [0.2, 0.25) is 5.91 Å². The van der Waals surface area contributed by atoms with Crippen molar-refractivity contribution in [3.8, 4) is 0 Å². The molecule has 2 heterocycles. The first kappa shape index (κ1) is 20.0. The molecule has 2 N–H and O–H groups in total. The number of nitrogens with zero attached hydrogens (tertiary/aromatic N) is 2. The van der Waals surface area contributed by atoms with Crippen molar-refractivity contribution in [3.05, 3.63) is 41.1 Å². The molecule has 3 atom stereocenters. The number of aromatic nitrogens is 1. The third-order valence-corrected chi connectivity index (χ3v) is 6.08. The Bertz CT molecular complexity index is 1010. The van der Waals surface area contributed by atoms with Crippen molar-refractivity contribution >= 4 is 22.4 Å². The van der Waals surface area contributed by atoms with E-state index in [1.165, 1.54) is 13.0 Å². The maximum atomic E-state index is 13.7. The van der Waals surface area contributed by atoms with Gasteiger partial charge in [-0.3, -0.25) is 14.3 Å². The number of alkyl halides is 3. The number of aliphatic hydroxyl groups excluding tert-OH is 1. The number of hydrogen-bond donors (Lipinski definition) is 2. The summed E-state index contributed by atoms with van der Waals surface area (Å²) in [5, 5.41) is 12.6. The van der Waals surface area contributed by atoms with E-state index in [9.17, 15) is 23.1 Å². The molecule has 4 rings (SSSR count). The Hall–Kier alpha value is -2.32. The van der Waals surface area contributed by atoms with Crippen LogP contribution in [0.5, 0.6) is 0 Å². The average Bonchev–Trinajstić information content (AvgIpc) is 2.95. The standard InChI is InChI=1S/C21H24F3N3O2/c1-11(10-28)25-20(29)13-7-16-14-5-4-6-17-19(14)15(8-18(16)26(3)9-13)12(2)27(17)21(22,23)24/h4-7,11,13,18,28H,8-10H2,1-3H3,(H,25,29). The van der Waals surface area contributed by atoms with E-state index in [0.29, 0.717) is 22.9 Å². The number of fused-ring (bicyclic) bond motifs is 2. The molecule has 1 amide bonds. The largest absolute Gasteiger partial charge is 0.489 e. The maximum absolute atomic E-state index is 13.7. The Morgan fingerprint density at radius 2 is 2.10 bits per heavy atom. The van der Waals surface area contributed by atoms with Gasteiger partial charge >= 0.3 is 6.30 Å². The summed E-state index contributed by atoms with van der Waals surface area (Å²) >= 11 is 0. The van der Waals surface area contributed by atoms with Gasteiger partial charge < -0.3 is 10.4 Å². The lowest BCUT2D eigenvalue weighted by Gasteiger charge is -2.39. The summed E-state index contributed by atoms with van der Waals surface area (Å²) in [4.78, 5) is 14.7. The number of halogens is 3. The summed E-state index contributed by atoms with van der Waals surface area (Å²) in [5.41, 5.74) is 2.76. The van der Waals surface area contributed by atoms with E-state index in [0.717, 1.165) is 16.7 Å². The molecule has 2 aliphatic rings. The lowest BCUT2D eigenvalue weighted by Crippen LogP contribution is -2.48. The van der Waals surface area contributed by atoms with Gasteiger partial charge in [0.05, 0.1) is 18.0 Å². The van der Waals surface area contributed by atoms with Crippen molar-refractivity contribution < 1.29 is 23.1 Å².